The van der Waals surface area contributed by atoms with E-state index in [1.807, 2.05) is 0 Å². The maximum Gasteiger partial charge on any atom is 0.275 e. The monoisotopic (exact) mass is 378 g/mol. The molecule has 23 heavy (non-hydrogen) atoms. The highest BCUT2D eigenvalue weighted by molar-refractivity contribution is 9.10. The van der Waals surface area contributed by atoms with Crippen LogP contribution in [0.1, 0.15) is 15.9 Å². The first-order valence-corrected chi connectivity index (χ1v) is 7.39. The number of amides is 1. The van der Waals surface area contributed by atoms with Gasteiger partial charge in [-0.25, -0.2) is 5.43 Å². The van der Waals surface area contributed by atoms with E-state index in [4.69, 9.17) is 9.47 Å². The fourth-order valence-corrected chi connectivity index (χ4v) is 2.39. The SMILES string of the molecule is COc1cc(OC)c(C=NNC(=O)c2ccccc2O)cc1Br. The third kappa shape index (κ3) is 4.01. The number of benzene rings is 2. The molecule has 2 aromatic carbocycles. The van der Waals surface area contributed by atoms with Crippen LogP contribution in [0.2, 0.25) is 0 Å². The first-order chi connectivity index (χ1) is 11.1. The maximum atomic E-state index is 11.9. The Balaban J connectivity index is 2.16. The van der Waals surface area contributed by atoms with E-state index in [0.29, 0.717) is 17.1 Å². The van der Waals surface area contributed by atoms with E-state index in [9.17, 15) is 9.90 Å². The van der Waals surface area contributed by atoms with Crippen molar-refractivity contribution in [2.45, 2.75) is 0 Å². The van der Waals surface area contributed by atoms with Crippen LogP contribution in [0, 0.1) is 0 Å². The second-order valence-electron chi connectivity index (χ2n) is 4.44. The van der Waals surface area contributed by atoms with Gasteiger partial charge in [0.1, 0.15) is 17.2 Å². The molecule has 0 saturated carbocycles. The van der Waals surface area contributed by atoms with Crippen molar-refractivity contribution in [3.05, 3.63) is 52.0 Å². The Bertz CT molecular complexity index is 747. The number of halogens is 1. The van der Waals surface area contributed by atoms with Crippen molar-refractivity contribution in [2.75, 3.05) is 14.2 Å². The zero-order chi connectivity index (χ0) is 16.8. The third-order valence-electron chi connectivity index (χ3n) is 3.02. The minimum absolute atomic E-state index is 0.107. The van der Waals surface area contributed by atoms with Crippen molar-refractivity contribution < 1.29 is 19.4 Å². The van der Waals surface area contributed by atoms with Gasteiger partial charge in [0.2, 0.25) is 0 Å². The number of hydrogen-bond donors (Lipinski definition) is 2. The van der Waals surface area contributed by atoms with Gasteiger partial charge in [-0.05, 0) is 34.1 Å². The largest absolute Gasteiger partial charge is 0.507 e. The summed E-state index contributed by atoms with van der Waals surface area (Å²) in [6.07, 6.45) is 1.45. The molecule has 2 N–H and O–H groups in total. The standard InChI is InChI=1S/C16H15BrN2O4/c1-22-14-8-15(23-2)12(17)7-10(14)9-18-19-16(21)11-5-3-4-6-13(11)20/h3-9,20H,1-2H3,(H,19,21). The minimum atomic E-state index is -0.508. The molecule has 0 saturated heterocycles. The highest BCUT2D eigenvalue weighted by Crippen LogP contribution is 2.31. The van der Waals surface area contributed by atoms with Crippen LogP contribution in [0.4, 0.5) is 0 Å². The van der Waals surface area contributed by atoms with E-state index < -0.39 is 5.91 Å². The van der Waals surface area contributed by atoms with E-state index in [1.54, 1.807) is 31.4 Å². The molecule has 120 valence electrons. The van der Waals surface area contributed by atoms with Crippen molar-refractivity contribution in [3.63, 3.8) is 0 Å². The first-order valence-electron chi connectivity index (χ1n) is 6.59. The topological polar surface area (TPSA) is 80.2 Å². The maximum absolute atomic E-state index is 11.9. The van der Waals surface area contributed by atoms with Crippen LogP contribution < -0.4 is 14.9 Å². The Morgan fingerprint density at radius 1 is 1.22 bits per heavy atom. The Hall–Kier alpha value is -2.54. The van der Waals surface area contributed by atoms with E-state index in [-0.39, 0.29) is 11.3 Å². The lowest BCUT2D eigenvalue weighted by atomic mass is 10.2. The molecule has 0 aliphatic rings. The average molecular weight is 379 g/mol. The lowest BCUT2D eigenvalue weighted by Crippen LogP contribution is -2.17. The Morgan fingerprint density at radius 2 is 1.91 bits per heavy atom. The second kappa shape index (κ2) is 7.64. The number of hydrazone groups is 1. The molecule has 2 rings (SSSR count). The van der Waals surface area contributed by atoms with E-state index in [0.717, 1.165) is 4.47 Å². The number of hydrogen-bond acceptors (Lipinski definition) is 5. The molecule has 0 bridgehead atoms. The number of ether oxygens (including phenoxy) is 2. The Morgan fingerprint density at radius 3 is 2.57 bits per heavy atom. The van der Waals surface area contributed by atoms with Crippen molar-refractivity contribution in [1.82, 2.24) is 5.43 Å². The normalized spacial score (nSPS) is 10.6. The quantitative estimate of drug-likeness (QED) is 0.619. The summed E-state index contributed by atoms with van der Waals surface area (Å²) < 4.78 is 11.2. The van der Waals surface area contributed by atoms with Crippen LogP contribution in [0.25, 0.3) is 0 Å². The average Bonchev–Trinajstić information content (AvgIpc) is 2.55. The van der Waals surface area contributed by atoms with Crippen molar-refractivity contribution in [2.24, 2.45) is 5.10 Å². The molecule has 0 radical (unpaired) electrons. The van der Waals surface area contributed by atoms with Gasteiger partial charge in [0, 0.05) is 11.6 Å². The van der Waals surface area contributed by atoms with E-state index in [1.165, 1.54) is 25.5 Å². The highest BCUT2D eigenvalue weighted by atomic mass is 79.9. The molecule has 6 nitrogen and oxygen atoms in total. The first kappa shape index (κ1) is 16.8. The van der Waals surface area contributed by atoms with E-state index >= 15 is 0 Å². The molecule has 0 aliphatic carbocycles. The highest BCUT2D eigenvalue weighted by Gasteiger charge is 2.10. The van der Waals surface area contributed by atoms with Gasteiger partial charge in [-0.15, -0.1) is 0 Å². The molecule has 0 spiro atoms. The van der Waals surface area contributed by atoms with Gasteiger partial charge in [0.05, 0.1) is 30.5 Å². The van der Waals surface area contributed by atoms with Crippen LogP contribution in [-0.2, 0) is 0 Å². The molecule has 0 aliphatic heterocycles. The second-order valence-corrected chi connectivity index (χ2v) is 5.30. The van der Waals surface area contributed by atoms with Crippen LogP contribution >= 0.6 is 15.9 Å². The fraction of sp³-hybridized carbons (Fsp3) is 0.125. The van der Waals surface area contributed by atoms with Crippen LogP contribution in [-0.4, -0.2) is 31.4 Å². The molecule has 2 aromatic rings. The van der Waals surface area contributed by atoms with Gasteiger partial charge in [0.25, 0.3) is 5.91 Å². The van der Waals surface area contributed by atoms with Gasteiger partial charge in [-0.1, -0.05) is 12.1 Å². The van der Waals surface area contributed by atoms with Gasteiger partial charge >= 0.3 is 0 Å². The van der Waals surface area contributed by atoms with Crippen LogP contribution in [0.5, 0.6) is 17.2 Å². The minimum Gasteiger partial charge on any atom is -0.507 e. The zero-order valence-electron chi connectivity index (χ0n) is 12.5. The molecule has 1 amide bonds. The summed E-state index contributed by atoms with van der Waals surface area (Å²) in [5, 5.41) is 13.5. The van der Waals surface area contributed by atoms with Crippen molar-refractivity contribution in [3.8, 4) is 17.2 Å². The predicted octanol–water partition coefficient (Wildman–Crippen LogP) is 2.94. The van der Waals surface area contributed by atoms with Gasteiger partial charge in [0.15, 0.2) is 0 Å². The van der Waals surface area contributed by atoms with Crippen LogP contribution in [0.15, 0.2) is 46.0 Å². The summed E-state index contributed by atoms with van der Waals surface area (Å²) in [7, 11) is 3.08. The Labute approximate surface area is 141 Å². The summed E-state index contributed by atoms with van der Waals surface area (Å²) in [5.74, 6) is 0.554. The van der Waals surface area contributed by atoms with Crippen LogP contribution in [0.3, 0.4) is 0 Å². The molecule has 0 aromatic heterocycles. The Kier molecular flexibility index (Phi) is 5.59. The number of phenols is 1. The van der Waals surface area contributed by atoms with Gasteiger partial charge in [-0.3, -0.25) is 4.79 Å². The smallest absolute Gasteiger partial charge is 0.275 e. The summed E-state index contributed by atoms with van der Waals surface area (Å²) in [5.41, 5.74) is 3.15. The van der Waals surface area contributed by atoms with Gasteiger partial charge in [-0.2, -0.15) is 5.10 Å². The summed E-state index contributed by atoms with van der Waals surface area (Å²) in [6, 6.07) is 9.69. The number of rotatable bonds is 5. The van der Waals surface area contributed by atoms with E-state index in [2.05, 4.69) is 26.5 Å². The number of nitrogens with one attached hydrogen (secondary N) is 1. The fourth-order valence-electron chi connectivity index (χ4n) is 1.87. The lowest BCUT2D eigenvalue weighted by Gasteiger charge is -2.09. The number of carbonyl (C=O) groups excluding carboxylic acids is 1. The number of para-hydroxylation sites is 1. The lowest BCUT2D eigenvalue weighted by molar-refractivity contribution is 0.0952. The molecule has 0 heterocycles. The van der Waals surface area contributed by atoms with Gasteiger partial charge < -0.3 is 14.6 Å². The molecule has 0 fully saturated rings. The molecular weight excluding hydrogens is 364 g/mol. The molecular formula is C16H15BrN2O4. The zero-order valence-corrected chi connectivity index (χ0v) is 14.1. The number of phenolic OH excluding ortho intramolecular Hbond substituents is 1. The predicted molar refractivity (Wildman–Crippen MR) is 90.4 cm³/mol. The number of methoxy groups -OCH3 is 2. The summed E-state index contributed by atoms with van der Waals surface area (Å²) in [6.45, 7) is 0. The number of carbonyl (C=O) groups is 1. The van der Waals surface area contributed by atoms with Crippen molar-refractivity contribution >= 4 is 28.1 Å². The molecule has 0 unspecified atom stereocenters. The molecule has 0 atom stereocenters. The summed E-state index contributed by atoms with van der Waals surface area (Å²) in [4.78, 5) is 11.9. The third-order valence-corrected chi connectivity index (χ3v) is 3.64. The summed E-state index contributed by atoms with van der Waals surface area (Å²) >= 11 is 3.38. The number of aromatic hydroxyl groups is 1. The molecule has 7 heteroatoms. The number of nitrogens with zero attached hydrogens (tertiary/aromatic N) is 1. The van der Waals surface area contributed by atoms with Crippen molar-refractivity contribution in [1.29, 1.82) is 0 Å².